The Labute approximate surface area is 124 Å². The Morgan fingerprint density at radius 3 is 2.10 bits per heavy atom. The molecule has 2 unspecified atom stereocenters. The summed E-state index contributed by atoms with van der Waals surface area (Å²) in [5, 5.41) is 3.52. The van der Waals surface area contributed by atoms with Gasteiger partial charge in [0.05, 0.1) is 12.2 Å². The first kappa shape index (κ1) is 15.8. The van der Waals surface area contributed by atoms with Crippen LogP contribution in [-0.2, 0) is 4.79 Å². The van der Waals surface area contributed by atoms with Crippen LogP contribution in [-0.4, -0.2) is 29.1 Å². The molecule has 2 atom stereocenters. The normalized spacial score (nSPS) is 33.7. The summed E-state index contributed by atoms with van der Waals surface area (Å²) in [5.41, 5.74) is 0.657. The van der Waals surface area contributed by atoms with Crippen molar-refractivity contribution in [2.45, 2.75) is 91.9 Å². The molecule has 1 saturated carbocycles. The van der Waals surface area contributed by atoms with Crippen molar-refractivity contribution in [2.24, 2.45) is 10.8 Å². The Balaban J connectivity index is 2.22. The van der Waals surface area contributed by atoms with Gasteiger partial charge in [0.2, 0.25) is 5.91 Å². The molecule has 0 aromatic carbocycles. The molecule has 0 spiro atoms. The fraction of sp³-hybridized carbons (Fsp3) is 0.941. The first-order valence-corrected chi connectivity index (χ1v) is 8.27. The van der Waals surface area contributed by atoms with Gasteiger partial charge in [-0.25, -0.2) is 0 Å². The van der Waals surface area contributed by atoms with Crippen LogP contribution in [0.3, 0.4) is 0 Å². The summed E-state index contributed by atoms with van der Waals surface area (Å²) < 4.78 is 0. The van der Waals surface area contributed by atoms with Crippen LogP contribution in [0.2, 0.25) is 0 Å². The van der Waals surface area contributed by atoms with E-state index in [0.29, 0.717) is 22.8 Å². The molecular weight excluding hydrogens is 248 g/mol. The summed E-state index contributed by atoms with van der Waals surface area (Å²) in [4.78, 5) is 14.9. The molecule has 2 rings (SSSR count). The minimum absolute atomic E-state index is 0.0353. The topological polar surface area (TPSA) is 32.3 Å². The zero-order chi connectivity index (χ0) is 15.1. The first-order chi connectivity index (χ1) is 9.19. The minimum atomic E-state index is 0.0353. The van der Waals surface area contributed by atoms with Gasteiger partial charge in [0.15, 0.2) is 0 Å². The van der Waals surface area contributed by atoms with Gasteiger partial charge in [0, 0.05) is 6.04 Å². The third-order valence-corrected chi connectivity index (χ3v) is 5.00. The van der Waals surface area contributed by atoms with Gasteiger partial charge in [-0.05, 0) is 42.9 Å². The molecule has 0 radical (unpaired) electrons. The standard InChI is InChI=1S/C17H32N2O/c1-7-13-15(20)19(14(8-2)18-13)12-9-16(3,4)11-17(5,6)10-12/h12-14,18H,7-11H2,1-6H3. The Morgan fingerprint density at radius 1 is 1.10 bits per heavy atom. The SMILES string of the molecule is CCC1NC(CC)N(C2CC(C)(C)CC(C)(C)C2)C1=O. The lowest BCUT2D eigenvalue weighted by Crippen LogP contribution is -2.51. The van der Waals surface area contributed by atoms with Crippen molar-refractivity contribution in [3.8, 4) is 0 Å². The Bertz CT molecular complexity index is 359. The van der Waals surface area contributed by atoms with Gasteiger partial charge < -0.3 is 4.90 Å². The molecule has 0 aromatic rings. The van der Waals surface area contributed by atoms with Crippen molar-refractivity contribution in [2.75, 3.05) is 0 Å². The number of hydrogen-bond acceptors (Lipinski definition) is 2. The lowest BCUT2D eigenvalue weighted by molar-refractivity contribution is -0.135. The van der Waals surface area contributed by atoms with Crippen LogP contribution in [0, 0.1) is 10.8 Å². The van der Waals surface area contributed by atoms with E-state index in [1.165, 1.54) is 6.42 Å². The molecule has 0 aromatic heterocycles. The van der Waals surface area contributed by atoms with Gasteiger partial charge in [-0.3, -0.25) is 10.1 Å². The van der Waals surface area contributed by atoms with E-state index in [4.69, 9.17) is 0 Å². The third kappa shape index (κ3) is 3.03. The summed E-state index contributed by atoms with van der Waals surface area (Å²) in [6.07, 6.45) is 5.65. The maximum Gasteiger partial charge on any atom is 0.241 e. The number of nitrogens with one attached hydrogen (secondary N) is 1. The average Bonchev–Trinajstić information content (AvgIpc) is 2.61. The first-order valence-electron chi connectivity index (χ1n) is 8.27. The fourth-order valence-electron chi connectivity index (χ4n) is 4.74. The molecule has 3 heteroatoms. The van der Waals surface area contributed by atoms with Crippen molar-refractivity contribution >= 4 is 5.91 Å². The second kappa shape index (κ2) is 5.32. The number of nitrogens with zero attached hydrogens (tertiary/aromatic N) is 1. The van der Waals surface area contributed by atoms with Crippen LogP contribution < -0.4 is 5.32 Å². The van der Waals surface area contributed by atoms with E-state index in [2.05, 4.69) is 51.8 Å². The number of carbonyl (C=O) groups excluding carboxylic acids is 1. The molecule has 1 saturated heterocycles. The van der Waals surface area contributed by atoms with E-state index in [1.54, 1.807) is 0 Å². The van der Waals surface area contributed by atoms with E-state index in [9.17, 15) is 4.79 Å². The summed E-state index contributed by atoms with van der Waals surface area (Å²) in [5.74, 6) is 0.331. The van der Waals surface area contributed by atoms with E-state index >= 15 is 0 Å². The summed E-state index contributed by atoms with van der Waals surface area (Å²) in [6.45, 7) is 13.7. The molecular formula is C17H32N2O. The highest BCUT2D eigenvalue weighted by molar-refractivity contribution is 5.84. The largest absolute Gasteiger partial charge is 0.323 e. The molecule has 1 amide bonds. The predicted molar refractivity (Wildman–Crippen MR) is 83.3 cm³/mol. The van der Waals surface area contributed by atoms with Gasteiger partial charge in [0.1, 0.15) is 0 Å². The molecule has 1 aliphatic carbocycles. The number of hydrogen-bond donors (Lipinski definition) is 1. The van der Waals surface area contributed by atoms with Crippen LogP contribution in [0.4, 0.5) is 0 Å². The quantitative estimate of drug-likeness (QED) is 0.857. The second-order valence-corrected chi connectivity index (χ2v) is 8.36. The van der Waals surface area contributed by atoms with Crippen LogP contribution in [0.5, 0.6) is 0 Å². The summed E-state index contributed by atoms with van der Waals surface area (Å²) >= 11 is 0. The average molecular weight is 280 g/mol. The van der Waals surface area contributed by atoms with E-state index in [0.717, 1.165) is 25.7 Å². The molecule has 0 bridgehead atoms. The van der Waals surface area contributed by atoms with Crippen molar-refractivity contribution in [1.29, 1.82) is 0 Å². The van der Waals surface area contributed by atoms with Crippen LogP contribution >= 0.6 is 0 Å². The number of carbonyl (C=O) groups is 1. The van der Waals surface area contributed by atoms with E-state index in [-0.39, 0.29) is 12.2 Å². The van der Waals surface area contributed by atoms with Crippen LogP contribution in [0.25, 0.3) is 0 Å². The van der Waals surface area contributed by atoms with Crippen LogP contribution in [0.1, 0.15) is 73.6 Å². The van der Waals surface area contributed by atoms with Crippen molar-refractivity contribution < 1.29 is 4.79 Å². The second-order valence-electron chi connectivity index (χ2n) is 8.36. The van der Waals surface area contributed by atoms with Gasteiger partial charge in [-0.15, -0.1) is 0 Å². The Hall–Kier alpha value is -0.570. The molecule has 3 nitrogen and oxygen atoms in total. The Morgan fingerprint density at radius 2 is 1.65 bits per heavy atom. The number of amides is 1. The smallest absolute Gasteiger partial charge is 0.241 e. The lowest BCUT2D eigenvalue weighted by atomic mass is 9.63. The lowest BCUT2D eigenvalue weighted by Gasteiger charge is -2.48. The van der Waals surface area contributed by atoms with Gasteiger partial charge in [0.25, 0.3) is 0 Å². The summed E-state index contributed by atoms with van der Waals surface area (Å²) in [7, 11) is 0. The minimum Gasteiger partial charge on any atom is -0.323 e. The Kier molecular flexibility index (Phi) is 4.21. The maximum atomic E-state index is 12.7. The third-order valence-electron chi connectivity index (χ3n) is 5.00. The highest BCUT2D eigenvalue weighted by atomic mass is 16.2. The fourth-order valence-corrected chi connectivity index (χ4v) is 4.74. The van der Waals surface area contributed by atoms with Crippen LogP contribution in [0.15, 0.2) is 0 Å². The zero-order valence-corrected chi connectivity index (χ0v) is 14.1. The van der Waals surface area contributed by atoms with Gasteiger partial charge in [-0.2, -0.15) is 0 Å². The van der Waals surface area contributed by atoms with E-state index in [1.807, 2.05) is 0 Å². The highest BCUT2D eigenvalue weighted by Crippen LogP contribution is 2.48. The van der Waals surface area contributed by atoms with Crippen molar-refractivity contribution in [3.63, 3.8) is 0 Å². The predicted octanol–water partition coefficient (Wildman–Crippen LogP) is 3.54. The van der Waals surface area contributed by atoms with Gasteiger partial charge in [-0.1, -0.05) is 41.5 Å². The molecule has 2 fully saturated rings. The highest BCUT2D eigenvalue weighted by Gasteiger charge is 2.47. The van der Waals surface area contributed by atoms with Crippen molar-refractivity contribution in [3.05, 3.63) is 0 Å². The molecule has 2 aliphatic rings. The molecule has 116 valence electrons. The maximum absolute atomic E-state index is 12.7. The van der Waals surface area contributed by atoms with Gasteiger partial charge >= 0.3 is 0 Å². The monoisotopic (exact) mass is 280 g/mol. The molecule has 1 heterocycles. The number of rotatable bonds is 3. The summed E-state index contributed by atoms with van der Waals surface area (Å²) in [6, 6.07) is 0.434. The zero-order valence-electron chi connectivity index (χ0n) is 14.1. The van der Waals surface area contributed by atoms with Crippen molar-refractivity contribution in [1.82, 2.24) is 10.2 Å². The molecule has 1 aliphatic heterocycles. The molecule has 20 heavy (non-hydrogen) atoms. The molecule has 1 N–H and O–H groups in total. The van der Waals surface area contributed by atoms with E-state index < -0.39 is 0 Å².